The van der Waals surface area contributed by atoms with E-state index in [2.05, 4.69) is 47.0 Å². The number of thioether (sulfide) groups is 1. The van der Waals surface area contributed by atoms with E-state index in [4.69, 9.17) is 0 Å². The molecule has 0 saturated heterocycles. The molecule has 0 bridgehead atoms. The minimum Gasteiger partial charge on any atom is -0.394 e. The summed E-state index contributed by atoms with van der Waals surface area (Å²) in [4.78, 5) is 4.33. The first kappa shape index (κ1) is 17.0. The van der Waals surface area contributed by atoms with Gasteiger partial charge in [-0.3, -0.25) is 0 Å². The molecule has 1 aromatic rings. The number of aliphatic hydroxyl groups excluding tert-OH is 1. The Morgan fingerprint density at radius 3 is 2.74 bits per heavy atom. The van der Waals surface area contributed by atoms with E-state index < -0.39 is 0 Å². The third kappa shape index (κ3) is 6.75. The molecule has 0 amide bonds. The molecule has 0 fully saturated rings. The highest BCUT2D eigenvalue weighted by molar-refractivity contribution is 9.10. The lowest BCUT2D eigenvalue weighted by Crippen LogP contribution is -2.49. The van der Waals surface area contributed by atoms with Crippen LogP contribution in [0.15, 0.2) is 27.8 Å². The van der Waals surface area contributed by atoms with Gasteiger partial charge in [-0.25, -0.2) is 4.98 Å². The number of hydrogen-bond donors (Lipinski definition) is 2. The zero-order chi connectivity index (χ0) is 14.3. The second-order valence-corrected chi connectivity index (χ2v) is 7.32. The number of rotatable bonds is 8. The van der Waals surface area contributed by atoms with Crippen molar-refractivity contribution in [3.63, 3.8) is 0 Å². The van der Waals surface area contributed by atoms with E-state index in [9.17, 15) is 5.11 Å². The van der Waals surface area contributed by atoms with Gasteiger partial charge in [0.15, 0.2) is 0 Å². The molecule has 1 rings (SSSR count). The average molecular weight is 347 g/mol. The standard InChI is InChI=1S/C14H23BrN2OS/c1-11(2)17-14(3,10-18)7-4-8-19-13-6-5-12(15)9-16-13/h5-6,9,11,17-18H,4,7-8,10H2,1-3H3. The second-order valence-electron chi connectivity index (χ2n) is 5.28. The number of nitrogens with one attached hydrogen (secondary N) is 1. The van der Waals surface area contributed by atoms with Gasteiger partial charge in [0, 0.05) is 22.3 Å². The zero-order valence-corrected chi connectivity index (χ0v) is 14.2. The second kappa shape index (κ2) is 8.25. The van der Waals surface area contributed by atoms with E-state index in [1.165, 1.54) is 0 Å². The Hall–Kier alpha value is -0.100. The van der Waals surface area contributed by atoms with Crippen molar-refractivity contribution in [1.29, 1.82) is 0 Å². The largest absolute Gasteiger partial charge is 0.394 e. The molecule has 0 aliphatic rings. The third-order valence-corrected chi connectivity index (χ3v) is 4.31. The summed E-state index contributed by atoms with van der Waals surface area (Å²) in [5, 5.41) is 14.0. The molecule has 0 radical (unpaired) electrons. The van der Waals surface area contributed by atoms with Crippen LogP contribution in [0.1, 0.15) is 33.6 Å². The third-order valence-electron chi connectivity index (χ3n) is 2.81. The number of nitrogens with zero attached hydrogens (tertiary/aromatic N) is 1. The molecular formula is C14H23BrN2OS. The van der Waals surface area contributed by atoms with Crippen molar-refractivity contribution in [2.75, 3.05) is 12.4 Å². The van der Waals surface area contributed by atoms with Crippen molar-refractivity contribution in [2.45, 2.75) is 50.2 Å². The number of pyridine rings is 1. The quantitative estimate of drug-likeness (QED) is 0.558. The molecule has 1 unspecified atom stereocenters. The molecule has 2 N–H and O–H groups in total. The molecule has 5 heteroatoms. The van der Waals surface area contributed by atoms with E-state index in [1.54, 1.807) is 11.8 Å². The van der Waals surface area contributed by atoms with E-state index >= 15 is 0 Å². The SMILES string of the molecule is CC(C)NC(C)(CO)CCCSc1ccc(Br)cn1. The summed E-state index contributed by atoms with van der Waals surface area (Å²) in [5.41, 5.74) is -0.179. The first-order valence-corrected chi connectivity index (χ1v) is 8.36. The van der Waals surface area contributed by atoms with Crippen LogP contribution in [0.25, 0.3) is 0 Å². The van der Waals surface area contributed by atoms with Crippen molar-refractivity contribution in [3.05, 3.63) is 22.8 Å². The normalized spacial score (nSPS) is 14.6. The Balaban J connectivity index is 2.31. The minimum absolute atomic E-state index is 0.173. The monoisotopic (exact) mass is 346 g/mol. The number of aliphatic hydroxyl groups is 1. The predicted octanol–water partition coefficient (Wildman–Crippen LogP) is 3.47. The maximum atomic E-state index is 9.49. The summed E-state index contributed by atoms with van der Waals surface area (Å²) >= 11 is 5.14. The van der Waals surface area contributed by atoms with Crippen molar-refractivity contribution in [3.8, 4) is 0 Å². The zero-order valence-electron chi connectivity index (χ0n) is 11.8. The molecule has 0 spiro atoms. The summed E-state index contributed by atoms with van der Waals surface area (Å²) in [7, 11) is 0. The number of hydrogen-bond acceptors (Lipinski definition) is 4. The van der Waals surface area contributed by atoms with Gasteiger partial charge in [-0.1, -0.05) is 13.8 Å². The van der Waals surface area contributed by atoms with E-state index in [0.29, 0.717) is 6.04 Å². The summed E-state index contributed by atoms with van der Waals surface area (Å²) in [6, 6.07) is 4.41. The van der Waals surface area contributed by atoms with Crippen LogP contribution in [0.5, 0.6) is 0 Å². The van der Waals surface area contributed by atoms with Gasteiger partial charge in [-0.15, -0.1) is 11.8 Å². The lowest BCUT2D eigenvalue weighted by molar-refractivity contribution is 0.156. The molecule has 19 heavy (non-hydrogen) atoms. The topological polar surface area (TPSA) is 45.1 Å². The lowest BCUT2D eigenvalue weighted by Gasteiger charge is -2.31. The highest BCUT2D eigenvalue weighted by Crippen LogP contribution is 2.21. The van der Waals surface area contributed by atoms with Gasteiger partial charge in [0.1, 0.15) is 0 Å². The molecule has 0 aliphatic carbocycles. The predicted molar refractivity (Wildman–Crippen MR) is 85.7 cm³/mol. The van der Waals surface area contributed by atoms with E-state index in [1.807, 2.05) is 18.3 Å². The minimum atomic E-state index is -0.179. The Labute approximate surface area is 128 Å². The van der Waals surface area contributed by atoms with Crippen LogP contribution in [0.3, 0.4) is 0 Å². The fourth-order valence-electron chi connectivity index (χ4n) is 1.98. The van der Waals surface area contributed by atoms with Crippen LogP contribution in [-0.4, -0.2) is 34.0 Å². The Morgan fingerprint density at radius 1 is 1.47 bits per heavy atom. The van der Waals surface area contributed by atoms with Crippen LogP contribution in [0.2, 0.25) is 0 Å². The Kier molecular flexibility index (Phi) is 7.36. The van der Waals surface area contributed by atoms with Gasteiger partial charge >= 0.3 is 0 Å². The fourth-order valence-corrected chi connectivity index (χ4v) is 3.00. The highest BCUT2D eigenvalue weighted by Gasteiger charge is 2.22. The van der Waals surface area contributed by atoms with Crippen molar-refractivity contribution in [2.24, 2.45) is 0 Å². The molecular weight excluding hydrogens is 324 g/mol. The summed E-state index contributed by atoms with van der Waals surface area (Å²) < 4.78 is 1.01. The van der Waals surface area contributed by atoms with Gasteiger partial charge in [0.05, 0.1) is 11.6 Å². The van der Waals surface area contributed by atoms with Crippen LogP contribution in [0.4, 0.5) is 0 Å². The highest BCUT2D eigenvalue weighted by atomic mass is 79.9. The lowest BCUT2D eigenvalue weighted by atomic mass is 9.96. The van der Waals surface area contributed by atoms with Crippen LogP contribution >= 0.6 is 27.7 Å². The van der Waals surface area contributed by atoms with Gasteiger partial charge in [-0.05, 0) is 53.6 Å². The van der Waals surface area contributed by atoms with Gasteiger partial charge in [-0.2, -0.15) is 0 Å². The first-order valence-electron chi connectivity index (χ1n) is 6.58. The first-order chi connectivity index (χ1) is 8.95. The maximum absolute atomic E-state index is 9.49. The molecule has 0 aliphatic heterocycles. The van der Waals surface area contributed by atoms with Crippen molar-refractivity contribution in [1.82, 2.24) is 10.3 Å². The Morgan fingerprint density at radius 2 is 2.21 bits per heavy atom. The molecule has 3 nitrogen and oxygen atoms in total. The summed E-state index contributed by atoms with van der Waals surface area (Å²) in [5.74, 6) is 1.02. The molecule has 0 aromatic carbocycles. The van der Waals surface area contributed by atoms with Crippen LogP contribution < -0.4 is 5.32 Å². The molecule has 0 saturated carbocycles. The van der Waals surface area contributed by atoms with Gasteiger partial charge in [0.2, 0.25) is 0 Å². The molecule has 1 heterocycles. The smallest absolute Gasteiger partial charge is 0.0960 e. The van der Waals surface area contributed by atoms with Crippen LogP contribution in [0, 0.1) is 0 Å². The molecule has 1 atom stereocenters. The number of halogens is 1. The molecule has 1 aromatic heterocycles. The summed E-state index contributed by atoms with van der Waals surface area (Å²) in [6.07, 6.45) is 3.84. The van der Waals surface area contributed by atoms with E-state index in [-0.39, 0.29) is 12.1 Å². The van der Waals surface area contributed by atoms with Gasteiger partial charge in [0.25, 0.3) is 0 Å². The maximum Gasteiger partial charge on any atom is 0.0960 e. The Bertz CT molecular complexity index is 372. The fraction of sp³-hybridized carbons (Fsp3) is 0.643. The molecule has 108 valence electrons. The van der Waals surface area contributed by atoms with Crippen molar-refractivity contribution >= 4 is 27.7 Å². The van der Waals surface area contributed by atoms with Crippen LogP contribution in [-0.2, 0) is 0 Å². The average Bonchev–Trinajstić information content (AvgIpc) is 2.36. The van der Waals surface area contributed by atoms with E-state index in [0.717, 1.165) is 28.1 Å². The number of aromatic nitrogens is 1. The van der Waals surface area contributed by atoms with Crippen molar-refractivity contribution < 1.29 is 5.11 Å². The van der Waals surface area contributed by atoms with Gasteiger partial charge < -0.3 is 10.4 Å². The summed E-state index contributed by atoms with van der Waals surface area (Å²) in [6.45, 7) is 6.46.